The molecule has 4 heteroatoms. The van der Waals surface area contributed by atoms with Crippen molar-refractivity contribution in [1.29, 1.82) is 0 Å². The van der Waals surface area contributed by atoms with Gasteiger partial charge in [-0.2, -0.15) is 0 Å². The highest BCUT2D eigenvalue weighted by Gasteiger charge is 2.48. The predicted molar refractivity (Wildman–Crippen MR) is 93.6 cm³/mol. The van der Waals surface area contributed by atoms with Crippen molar-refractivity contribution in [3.63, 3.8) is 0 Å². The number of amides is 1. The lowest BCUT2D eigenvalue weighted by molar-refractivity contribution is -0.127. The van der Waals surface area contributed by atoms with E-state index in [2.05, 4.69) is 27.9 Å². The molecule has 4 aliphatic carbocycles. The van der Waals surface area contributed by atoms with Crippen molar-refractivity contribution in [2.45, 2.75) is 38.1 Å². The van der Waals surface area contributed by atoms with E-state index in [1.54, 1.807) is 0 Å². The van der Waals surface area contributed by atoms with Crippen molar-refractivity contribution in [2.75, 3.05) is 6.61 Å². The van der Waals surface area contributed by atoms with Gasteiger partial charge in [0.2, 0.25) is 0 Å². The Balaban J connectivity index is 1.31. The number of nitrogens with one attached hydrogen (secondary N) is 1. The zero-order valence-corrected chi connectivity index (χ0v) is 14.8. The molecular formula is C18H22INO2. The fourth-order valence-electron chi connectivity index (χ4n) is 5.07. The first-order valence-corrected chi connectivity index (χ1v) is 9.43. The molecule has 0 atom stereocenters. The SMILES string of the molecule is O=C(COc1ccc(I)cc1)NC1C2CC3CC(C2)CC1C3. The first-order valence-electron chi connectivity index (χ1n) is 8.35. The molecule has 0 saturated heterocycles. The number of carbonyl (C=O) groups excluding carboxylic acids is 1. The molecule has 1 aromatic carbocycles. The van der Waals surface area contributed by atoms with Crippen LogP contribution in [0, 0.1) is 27.2 Å². The molecule has 0 unspecified atom stereocenters. The highest BCUT2D eigenvalue weighted by Crippen LogP contribution is 2.53. The molecule has 4 aliphatic rings. The smallest absolute Gasteiger partial charge is 0.258 e. The maximum Gasteiger partial charge on any atom is 0.258 e. The standard InChI is InChI=1S/C18H22INO2/c19-15-1-3-16(4-2-15)22-10-17(21)20-18-13-6-11-5-12(8-13)9-14(18)7-11/h1-4,11-14,18H,5-10H2,(H,20,21). The summed E-state index contributed by atoms with van der Waals surface area (Å²) in [6.07, 6.45) is 6.77. The molecule has 4 saturated carbocycles. The molecule has 3 nitrogen and oxygen atoms in total. The maximum atomic E-state index is 12.2. The average Bonchev–Trinajstić information content (AvgIpc) is 2.50. The van der Waals surface area contributed by atoms with Crippen LogP contribution in [0.5, 0.6) is 5.75 Å². The average molecular weight is 411 g/mol. The molecule has 0 aromatic heterocycles. The highest BCUT2D eigenvalue weighted by molar-refractivity contribution is 14.1. The van der Waals surface area contributed by atoms with E-state index in [-0.39, 0.29) is 12.5 Å². The maximum absolute atomic E-state index is 12.2. The van der Waals surface area contributed by atoms with E-state index >= 15 is 0 Å². The van der Waals surface area contributed by atoms with E-state index < -0.39 is 0 Å². The topological polar surface area (TPSA) is 38.3 Å². The van der Waals surface area contributed by atoms with Crippen molar-refractivity contribution in [3.05, 3.63) is 27.8 Å². The van der Waals surface area contributed by atoms with Gasteiger partial charge < -0.3 is 10.1 Å². The van der Waals surface area contributed by atoms with Crippen molar-refractivity contribution in [2.24, 2.45) is 23.7 Å². The van der Waals surface area contributed by atoms with Crippen LogP contribution in [0.3, 0.4) is 0 Å². The van der Waals surface area contributed by atoms with Crippen LogP contribution < -0.4 is 10.1 Å². The second-order valence-electron chi connectivity index (χ2n) is 7.27. The summed E-state index contributed by atoms with van der Waals surface area (Å²) in [5, 5.41) is 3.28. The zero-order chi connectivity index (χ0) is 15.1. The van der Waals surface area contributed by atoms with Crippen molar-refractivity contribution in [3.8, 4) is 5.75 Å². The van der Waals surface area contributed by atoms with Gasteiger partial charge >= 0.3 is 0 Å². The largest absolute Gasteiger partial charge is 0.484 e. The molecule has 1 N–H and O–H groups in total. The van der Waals surface area contributed by atoms with E-state index in [1.165, 1.54) is 35.7 Å². The molecule has 118 valence electrons. The monoisotopic (exact) mass is 411 g/mol. The number of halogens is 1. The summed E-state index contributed by atoms with van der Waals surface area (Å²) in [5.74, 6) is 4.13. The summed E-state index contributed by atoms with van der Waals surface area (Å²) in [6.45, 7) is 0.128. The number of benzene rings is 1. The van der Waals surface area contributed by atoms with Gasteiger partial charge in [-0.25, -0.2) is 0 Å². The summed E-state index contributed by atoms with van der Waals surface area (Å²) in [7, 11) is 0. The van der Waals surface area contributed by atoms with E-state index in [0.29, 0.717) is 6.04 Å². The normalized spacial score (nSPS) is 35.4. The number of hydrogen-bond acceptors (Lipinski definition) is 2. The third-order valence-electron chi connectivity index (χ3n) is 5.74. The van der Waals surface area contributed by atoms with Gasteiger partial charge in [0.15, 0.2) is 6.61 Å². The minimum atomic E-state index is 0.0380. The van der Waals surface area contributed by atoms with Crippen molar-refractivity contribution < 1.29 is 9.53 Å². The predicted octanol–water partition coefficient (Wildman–Crippen LogP) is 3.61. The highest BCUT2D eigenvalue weighted by atomic mass is 127. The van der Waals surface area contributed by atoms with Gasteiger partial charge in [0, 0.05) is 9.61 Å². The molecular weight excluding hydrogens is 389 g/mol. The van der Waals surface area contributed by atoms with Crippen LogP contribution in [0.25, 0.3) is 0 Å². The van der Waals surface area contributed by atoms with Gasteiger partial charge in [0.05, 0.1) is 0 Å². The molecule has 0 aliphatic heterocycles. The number of carbonyl (C=O) groups is 1. The fourth-order valence-corrected chi connectivity index (χ4v) is 5.43. The summed E-state index contributed by atoms with van der Waals surface area (Å²) in [5.41, 5.74) is 0. The lowest BCUT2D eigenvalue weighted by atomic mass is 9.54. The number of hydrogen-bond donors (Lipinski definition) is 1. The van der Waals surface area contributed by atoms with Crippen LogP contribution in [0.1, 0.15) is 32.1 Å². The molecule has 1 amide bonds. The zero-order valence-electron chi connectivity index (χ0n) is 12.6. The van der Waals surface area contributed by atoms with E-state index in [9.17, 15) is 4.79 Å². The van der Waals surface area contributed by atoms with Crippen LogP contribution in [0.15, 0.2) is 24.3 Å². The number of rotatable bonds is 4. The second kappa shape index (κ2) is 6.02. The Bertz CT molecular complexity index is 529. The van der Waals surface area contributed by atoms with Gasteiger partial charge in [-0.05, 0) is 103 Å². The van der Waals surface area contributed by atoms with Gasteiger partial charge in [0.1, 0.15) is 5.75 Å². The van der Waals surface area contributed by atoms with Crippen LogP contribution in [-0.2, 0) is 4.79 Å². The fraction of sp³-hybridized carbons (Fsp3) is 0.611. The summed E-state index contributed by atoms with van der Waals surface area (Å²) >= 11 is 2.26. The lowest BCUT2D eigenvalue weighted by Crippen LogP contribution is -2.56. The molecule has 0 heterocycles. The minimum absolute atomic E-state index is 0.0380. The Morgan fingerprint density at radius 2 is 1.64 bits per heavy atom. The first kappa shape index (κ1) is 14.8. The van der Waals surface area contributed by atoms with Crippen LogP contribution in [-0.4, -0.2) is 18.6 Å². The molecule has 5 rings (SSSR count). The van der Waals surface area contributed by atoms with Crippen LogP contribution in [0.4, 0.5) is 0 Å². The summed E-state index contributed by atoms with van der Waals surface area (Å²) < 4.78 is 6.77. The molecule has 22 heavy (non-hydrogen) atoms. The van der Waals surface area contributed by atoms with E-state index in [1.807, 2.05) is 24.3 Å². The quantitative estimate of drug-likeness (QED) is 0.769. The Kier molecular flexibility index (Phi) is 4.05. The first-order chi connectivity index (χ1) is 10.7. The summed E-state index contributed by atoms with van der Waals surface area (Å²) in [4.78, 5) is 12.2. The van der Waals surface area contributed by atoms with E-state index in [0.717, 1.165) is 29.4 Å². The third kappa shape index (κ3) is 2.99. The third-order valence-corrected chi connectivity index (χ3v) is 6.46. The minimum Gasteiger partial charge on any atom is -0.484 e. The molecule has 4 bridgehead atoms. The van der Waals surface area contributed by atoms with Crippen LogP contribution >= 0.6 is 22.6 Å². The van der Waals surface area contributed by atoms with Gasteiger partial charge in [-0.15, -0.1) is 0 Å². The Labute approximate surface area is 145 Å². The van der Waals surface area contributed by atoms with Gasteiger partial charge in [-0.1, -0.05) is 0 Å². The molecule has 1 aromatic rings. The van der Waals surface area contributed by atoms with Crippen molar-refractivity contribution >= 4 is 28.5 Å². The Morgan fingerprint density at radius 3 is 2.23 bits per heavy atom. The van der Waals surface area contributed by atoms with Gasteiger partial charge in [0.25, 0.3) is 5.91 Å². The molecule has 0 spiro atoms. The number of ether oxygens (including phenoxy) is 1. The Morgan fingerprint density at radius 1 is 1.05 bits per heavy atom. The molecule has 0 radical (unpaired) electrons. The van der Waals surface area contributed by atoms with E-state index in [4.69, 9.17) is 4.74 Å². The summed E-state index contributed by atoms with van der Waals surface area (Å²) in [6, 6.07) is 8.22. The van der Waals surface area contributed by atoms with Gasteiger partial charge in [-0.3, -0.25) is 4.79 Å². The molecule has 4 fully saturated rings. The lowest BCUT2D eigenvalue weighted by Gasteiger charge is -2.54. The van der Waals surface area contributed by atoms with Crippen LogP contribution in [0.2, 0.25) is 0 Å². The second-order valence-corrected chi connectivity index (χ2v) is 8.51. The van der Waals surface area contributed by atoms with Crippen molar-refractivity contribution in [1.82, 2.24) is 5.32 Å². The Hall–Kier alpha value is -0.780.